The first-order valence-electron chi connectivity index (χ1n) is 22.5. The van der Waals surface area contributed by atoms with E-state index in [2.05, 4.69) is 50.5 Å². The van der Waals surface area contributed by atoms with E-state index in [9.17, 15) is 9.59 Å². The second kappa shape index (κ2) is 22.4. The first kappa shape index (κ1) is 49.3. The summed E-state index contributed by atoms with van der Waals surface area (Å²) in [6.07, 6.45) is 6.73. The first-order chi connectivity index (χ1) is 31.9. The molecule has 2 aliphatic heterocycles. The summed E-state index contributed by atoms with van der Waals surface area (Å²) in [4.78, 5) is 25.6. The van der Waals surface area contributed by atoms with Gasteiger partial charge in [-0.2, -0.15) is 0 Å². The van der Waals surface area contributed by atoms with Gasteiger partial charge in [-0.05, 0) is 70.8 Å². The third kappa shape index (κ3) is 11.3. The molecule has 4 aromatic rings. The van der Waals surface area contributed by atoms with Gasteiger partial charge in [0.05, 0.1) is 110 Å². The van der Waals surface area contributed by atoms with Gasteiger partial charge in [0.25, 0.3) is 0 Å². The van der Waals surface area contributed by atoms with E-state index in [0.717, 1.165) is 84.1 Å². The van der Waals surface area contributed by atoms with Gasteiger partial charge >= 0.3 is 11.9 Å². The third-order valence-corrected chi connectivity index (χ3v) is 13.5. The third-order valence-electron chi connectivity index (χ3n) is 13.5. The molecule has 6 rings (SSSR count). The molecule has 0 amide bonds. The highest BCUT2D eigenvalue weighted by Crippen LogP contribution is 2.45. The lowest BCUT2D eigenvalue weighted by atomic mass is 9.86. The predicted molar refractivity (Wildman–Crippen MR) is 251 cm³/mol. The molecule has 0 aromatic heterocycles. The molecule has 0 saturated carbocycles. The Morgan fingerprint density at radius 3 is 1.17 bits per heavy atom. The van der Waals surface area contributed by atoms with Crippen LogP contribution in [0.5, 0.6) is 46.0 Å². The highest BCUT2D eigenvalue weighted by molar-refractivity contribution is 5.91. The Balaban J connectivity index is 1.04. The van der Waals surface area contributed by atoms with Crippen molar-refractivity contribution >= 4 is 11.9 Å². The Morgan fingerprint density at radius 2 is 0.818 bits per heavy atom. The lowest BCUT2D eigenvalue weighted by Gasteiger charge is -2.46. The van der Waals surface area contributed by atoms with E-state index in [-0.39, 0.29) is 25.3 Å². The van der Waals surface area contributed by atoms with E-state index in [1.165, 1.54) is 22.3 Å². The van der Waals surface area contributed by atoms with E-state index < -0.39 is 11.9 Å². The molecule has 2 aliphatic rings. The number of fused-ring (bicyclic) bond motifs is 2. The van der Waals surface area contributed by atoms with Crippen LogP contribution in [-0.2, 0) is 44.7 Å². The van der Waals surface area contributed by atoms with Crippen molar-refractivity contribution < 1.29 is 65.9 Å². The van der Waals surface area contributed by atoms with Gasteiger partial charge in [-0.1, -0.05) is 12.1 Å². The summed E-state index contributed by atoms with van der Waals surface area (Å²) in [7, 11) is 17.7. The van der Waals surface area contributed by atoms with Crippen LogP contribution in [0.25, 0.3) is 0 Å². The van der Waals surface area contributed by atoms with Gasteiger partial charge in [0, 0.05) is 61.8 Å². The largest absolute Gasteiger partial charge is 0.493 e. The monoisotopic (exact) mass is 912 g/mol. The quantitative estimate of drug-likeness (QED) is 0.0337. The highest BCUT2D eigenvalue weighted by Gasteiger charge is 2.41. The fraction of sp³-hybridized carbons (Fsp3) is 0.462. The molecule has 4 aromatic carbocycles. The lowest BCUT2D eigenvalue weighted by molar-refractivity contribution is -0.941. The number of rotatable bonds is 22. The van der Waals surface area contributed by atoms with Gasteiger partial charge in [0.2, 0.25) is 0 Å². The number of esters is 2. The molecule has 0 fully saturated rings. The highest BCUT2D eigenvalue weighted by atomic mass is 16.5. The van der Waals surface area contributed by atoms with E-state index in [4.69, 9.17) is 47.4 Å². The average Bonchev–Trinajstić information content (AvgIpc) is 3.34. The molecule has 0 bridgehead atoms. The van der Waals surface area contributed by atoms with Crippen LogP contribution < -0.4 is 37.9 Å². The number of hydrogen-bond acceptors (Lipinski definition) is 12. The topological polar surface area (TPSA) is 126 Å². The van der Waals surface area contributed by atoms with Crippen molar-refractivity contribution in [3.63, 3.8) is 0 Å². The summed E-state index contributed by atoms with van der Waals surface area (Å²) in [6, 6.07) is 20.6. The fourth-order valence-electron chi connectivity index (χ4n) is 9.75. The van der Waals surface area contributed by atoms with E-state index >= 15 is 0 Å². The molecule has 14 heteroatoms. The molecule has 66 heavy (non-hydrogen) atoms. The van der Waals surface area contributed by atoms with Gasteiger partial charge < -0.3 is 56.3 Å². The van der Waals surface area contributed by atoms with Crippen molar-refractivity contribution in [2.75, 3.05) is 110 Å². The number of nitrogens with zero attached hydrogens (tertiary/aromatic N) is 2. The van der Waals surface area contributed by atoms with Crippen LogP contribution in [0.2, 0.25) is 0 Å². The Kier molecular flexibility index (Phi) is 16.7. The minimum absolute atomic E-state index is 0.0726. The number of quaternary nitrogens is 2. The zero-order valence-electron chi connectivity index (χ0n) is 40.4. The maximum absolute atomic E-state index is 12.8. The van der Waals surface area contributed by atoms with Crippen molar-refractivity contribution in [2.24, 2.45) is 0 Å². The minimum atomic E-state index is -0.590. The van der Waals surface area contributed by atoms with Crippen LogP contribution in [0.1, 0.15) is 58.3 Å². The second-order valence-electron chi connectivity index (χ2n) is 17.4. The van der Waals surface area contributed by atoms with E-state index in [1.807, 2.05) is 24.3 Å². The van der Waals surface area contributed by atoms with Crippen LogP contribution >= 0.6 is 0 Å². The van der Waals surface area contributed by atoms with Crippen LogP contribution in [0.15, 0.2) is 72.8 Å². The number of likely N-dealkylation sites (N-methyl/N-ethyl adjacent to an activating group) is 2. The molecule has 0 aliphatic carbocycles. The molecular formula is C52H68N2O12+2. The fourth-order valence-corrected chi connectivity index (χ4v) is 9.75. The molecular weight excluding hydrogens is 845 g/mol. The van der Waals surface area contributed by atoms with Gasteiger partial charge in [-0.25, -0.2) is 9.59 Å². The number of carbonyl (C=O) groups is 2. The zero-order valence-corrected chi connectivity index (χ0v) is 40.4. The molecule has 14 nitrogen and oxygen atoms in total. The summed E-state index contributed by atoms with van der Waals surface area (Å²) in [5, 5.41) is 0. The van der Waals surface area contributed by atoms with Gasteiger partial charge in [-0.15, -0.1) is 0 Å². The first-order valence-corrected chi connectivity index (χ1v) is 22.5. The van der Waals surface area contributed by atoms with Crippen LogP contribution in [0.4, 0.5) is 0 Å². The molecule has 0 spiro atoms. The van der Waals surface area contributed by atoms with Crippen molar-refractivity contribution in [1.29, 1.82) is 0 Å². The van der Waals surface area contributed by atoms with Crippen molar-refractivity contribution in [2.45, 2.75) is 50.6 Å². The van der Waals surface area contributed by atoms with E-state index in [0.29, 0.717) is 58.8 Å². The maximum Gasteiger partial charge on any atom is 0.331 e. The average molecular weight is 913 g/mol. The Hall–Kier alpha value is -6.12. The molecule has 0 saturated heterocycles. The SMILES string of the molecule is COc1ccc(C[C@@H]2c3cc(OC)c(OC)cc3CC[N+]2(C)CCCOC(=O)C=CC(=O)OCCC[N@+]2(C)CCc3cc(OC)c(OC)cc3[C@H]2Cc2ccc(OC)c(OC)c2)cc1OC. The Morgan fingerprint density at radius 1 is 0.485 bits per heavy atom. The predicted octanol–water partition coefficient (Wildman–Crippen LogP) is 7.45. The summed E-state index contributed by atoms with van der Waals surface area (Å²) < 4.78 is 57.7. The number of methoxy groups -OCH3 is 8. The van der Waals surface area contributed by atoms with Crippen LogP contribution in [0, 0.1) is 0 Å². The van der Waals surface area contributed by atoms with Crippen molar-refractivity contribution in [1.82, 2.24) is 0 Å². The minimum Gasteiger partial charge on any atom is -0.493 e. The smallest absolute Gasteiger partial charge is 0.331 e. The normalized spacial score (nSPS) is 19.8. The number of ether oxygens (including phenoxy) is 10. The summed E-state index contributed by atoms with van der Waals surface area (Å²) >= 11 is 0. The van der Waals surface area contributed by atoms with Crippen LogP contribution in [-0.4, -0.2) is 131 Å². The number of benzene rings is 4. The molecule has 1 unspecified atom stereocenters. The van der Waals surface area contributed by atoms with Gasteiger partial charge in [0.15, 0.2) is 46.0 Å². The maximum atomic E-state index is 12.8. The Bertz CT molecular complexity index is 2190. The summed E-state index contributed by atoms with van der Waals surface area (Å²) in [5.74, 6) is 4.31. The van der Waals surface area contributed by atoms with Crippen LogP contribution in [0.3, 0.4) is 0 Å². The summed E-state index contributed by atoms with van der Waals surface area (Å²) in [6.45, 7) is 3.69. The molecule has 0 N–H and O–H groups in total. The van der Waals surface area contributed by atoms with E-state index in [1.54, 1.807) is 56.9 Å². The molecule has 0 radical (unpaired) electrons. The molecule has 4 atom stereocenters. The standard InChI is InChI=1S/C52H68N2O12/c1-53(23-19-37-31-47(61-7)49(63-9)33-39(37)41(53)27-35-13-15-43(57-3)45(29-35)59-5)21-11-25-65-51(55)17-18-52(56)66-26-12-22-54(2)24-20-38-32-48(62-8)50(64-10)34-40(38)42(54)28-36-14-16-44(58-4)46(30-36)60-6/h13-18,29-34,41-42H,11-12,19-28H2,1-10H3/q+2/t41-,42-,53-,54?/m1/s1. The number of carbonyl (C=O) groups excluding carboxylic acids is 2. The van der Waals surface area contributed by atoms with Crippen molar-refractivity contribution in [3.8, 4) is 46.0 Å². The second-order valence-corrected chi connectivity index (χ2v) is 17.4. The lowest BCUT2D eigenvalue weighted by Crippen LogP contribution is -2.52. The molecule has 356 valence electrons. The molecule has 2 heterocycles. The summed E-state index contributed by atoms with van der Waals surface area (Å²) in [5.41, 5.74) is 7.06. The van der Waals surface area contributed by atoms with Gasteiger partial charge in [-0.3, -0.25) is 0 Å². The van der Waals surface area contributed by atoms with Crippen molar-refractivity contribution in [3.05, 3.63) is 106 Å². The zero-order chi connectivity index (χ0) is 47.4. The van der Waals surface area contributed by atoms with Gasteiger partial charge in [0.1, 0.15) is 12.1 Å². The Labute approximate surface area is 390 Å². The number of hydrogen-bond donors (Lipinski definition) is 0.